The Kier molecular flexibility index (Phi) is 6.03. The summed E-state index contributed by atoms with van der Waals surface area (Å²) >= 11 is 0.704. The summed E-state index contributed by atoms with van der Waals surface area (Å²) in [4.78, 5) is 17.5. The van der Waals surface area contributed by atoms with Crippen molar-refractivity contribution >= 4 is 28.0 Å². The van der Waals surface area contributed by atoms with E-state index in [1.165, 1.54) is 12.3 Å². The number of aliphatic hydroxyl groups is 1. The molecule has 3 aromatic rings. The first-order chi connectivity index (χ1) is 17.5. The lowest BCUT2D eigenvalue weighted by molar-refractivity contribution is -0.207. The summed E-state index contributed by atoms with van der Waals surface area (Å²) in [5.74, 6) is 1.23. The number of pyridine rings is 1. The molecule has 192 valence electrons. The van der Waals surface area contributed by atoms with Gasteiger partial charge in [0.05, 0.1) is 27.7 Å². The molecule has 0 radical (unpaired) electrons. The zero-order chi connectivity index (χ0) is 26.6. The first kappa shape index (κ1) is 25.2. The van der Waals surface area contributed by atoms with Crippen molar-refractivity contribution in [1.82, 2.24) is 15.0 Å². The summed E-state index contributed by atoms with van der Waals surface area (Å²) in [5, 5.41) is 9.98. The zero-order valence-corrected chi connectivity index (χ0v) is 20.3. The minimum Gasteiger partial charge on any atom is -0.463 e. The Morgan fingerprint density at radius 1 is 1.32 bits per heavy atom. The van der Waals surface area contributed by atoms with E-state index in [2.05, 4.69) is 25.9 Å². The van der Waals surface area contributed by atoms with Crippen molar-refractivity contribution < 1.29 is 27.4 Å². The molecule has 0 bridgehead atoms. The molecule has 3 N–H and O–H groups in total. The maximum atomic E-state index is 15.1. The van der Waals surface area contributed by atoms with Crippen LogP contribution in [-0.4, -0.2) is 48.9 Å². The van der Waals surface area contributed by atoms with Gasteiger partial charge in [0.2, 0.25) is 5.88 Å². The second-order valence-corrected chi connectivity index (χ2v) is 10.6. The smallest absolute Gasteiger partial charge is 0.415 e. The molecular weight excluding hydrogens is 510 g/mol. The molecular formula is C25H21F4N5O2S. The van der Waals surface area contributed by atoms with Crippen molar-refractivity contribution in [3.05, 3.63) is 59.3 Å². The average molecular weight is 532 g/mol. The summed E-state index contributed by atoms with van der Waals surface area (Å²) < 4.78 is 59.2. The van der Waals surface area contributed by atoms with E-state index in [0.29, 0.717) is 34.1 Å². The topological polar surface area (TPSA) is 107 Å². The molecule has 0 amide bonds. The van der Waals surface area contributed by atoms with E-state index < -0.39 is 34.3 Å². The van der Waals surface area contributed by atoms with Crippen molar-refractivity contribution in [3.8, 4) is 18.2 Å². The monoisotopic (exact) mass is 531 g/mol. The number of alkyl halides is 3. The van der Waals surface area contributed by atoms with Crippen molar-refractivity contribution in [3.63, 3.8) is 0 Å². The lowest BCUT2D eigenvalue weighted by atomic mass is 9.84. The van der Waals surface area contributed by atoms with E-state index in [0.717, 1.165) is 0 Å². The fraction of sp³-hybridized carbons (Fsp3) is 0.360. The van der Waals surface area contributed by atoms with E-state index in [4.69, 9.17) is 16.9 Å². The number of aliphatic hydroxyl groups excluding tert-OH is 1. The van der Waals surface area contributed by atoms with E-state index in [1.54, 1.807) is 31.3 Å². The molecule has 5 rings (SSSR count). The third-order valence-electron chi connectivity index (χ3n) is 6.81. The molecule has 1 aliphatic carbocycles. The zero-order valence-electron chi connectivity index (χ0n) is 19.5. The Hall–Kier alpha value is -3.43. The molecule has 37 heavy (non-hydrogen) atoms. The van der Waals surface area contributed by atoms with Crippen LogP contribution in [0.25, 0.3) is 11.0 Å². The highest BCUT2D eigenvalue weighted by atomic mass is 32.2. The number of nitrogens with two attached hydrogens (primary N) is 1. The Morgan fingerprint density at radius 2 is 2.11 bits per heavy atom. The average Bonchev–Trinajstić information content (AvgIpc) is 3.59. The van der Waals surface area contributed by atoms with Gasteiger partial charge in [0, 0.05) is 24.1 Å². The lowest BCUT2D eigenvalue weighted by Crippen LogP contribution is -2.47. The van der Waals surface area contributed by atoms with Crippen LogP contribution in [0.5, 0.6) is 5.88 Å². The predicted octanol–water partition coefficient (Wildman–Crippen LogP) is 3.73. The number of thioether (sulfide) groups is 1. The molecule has 12 heteroatoms. The fourth-order valence-electron chi connectivity index (χ4n) is 5.02. The van der Waals surface area contributed by atoms with Crippen molar-refractivity contribution in [1.29, 1.82) is 0 Å². The van der Waals surface area contributed by atoms with Gasteiger partial charge < -0.3 is 15.6 Å². The van der Waals surface area contributed by atoms with Gasteiger partial charge in [-0.05, 0) is 31.0 Å². The summed E-state index contributed by atoms with van der Waals surface area (Å²) in [6.45, 7) is 1.60. The van der Waals surface area contributed by atoms with Crippen LogP contribution in [-0.2, 0) is 12.0 Å². The van der Waals surface area contributed by atoms with E-state index >= 15 is 4.39 Å². The van der Waals surface area contributed by atoms with Gasteiger partial charge in [-0.3, -0.25) is 9.98 Å². The first-order valence-electron chi connectivity index (χ1n) is 11.2. The molecule has 3 heterocycles. The number of hydrogen-bond donors (Lipinski definition) is 2. The molecule has 2 aliphatic rings. The molecule has 1 saturated carbocycles. The third kappa shape index (κ3) is 4.36. The van der Waals surface area contributed by atoms with Gasteiger partial charge in [-0.25, -0.2) is 14.4 Å². The molecule has 2 aromatic heterocycles. The number of terminal acetylenes is 1. The predicted molar refractivity (Wildman–Crippen MR) is 130 cm³/mol. The number of benzene rings is 1. The van der Waals surface area contributed by atoms with Gasteiger partial charge in [0.25, 0.3) is 0 Å². The van der Waals surface area contributed by atoms with E-state index in [-0.39, 0.29) is 36.1 Å². The molecule has 1 aliphatic heterocycles. The van der Waals surface area contributed by atoms with Gasteiger partial charge in [0.1, 0.15) is 11.3 Å². The van der Waals surface area contributed by atoms with Crippen LogP contribution in [0.15, 0.2) is 41.7 Å². The number of nitrogens with zero attached hydrogens (tertiary/aromatic N) is 4. The molecule has 7 nitrogen and oxygen atoms in total. The van der Waals surface area contributed by atoms with Crippen molar-refractivity contribution in [2.75, 3.05) is 6.61 Å². The maximum absolute atomic E-state index is 15.1. The fourth-order valence-corrected chi connectivity index (χ4v) is 6.51. The number of aromatic nitrogens is 3. The largest absolute Gasteiger partial charge is 0.463 e. The Morgan fingerprint density at radius 3 is 2.84 bits per heavy atom. The van der Waals surface area contributed by atoms with Crippen LogP contribution >= 0.6 is 11.8 Å². The van der Waals surface area contributed by atoms with Gasteiger partial charge in [-0.15, -0.1) is 6.42 Å². The second kappa shape index (κ2) is 8.85. The van der Waals surface area contributed by atoms with Crippen LogP contribution in [0.1, 0.15) is 30.2 Å². The quantitative estimate of drug-likeness (QED) is 0.369. The van der Waals surface area contributed by atoms with Gasteiger partial charge in [-0.2, -0.15) is 13.2 Å². The van der Waals surface area contributed by atoms with Crippen LogP contribution in [0, 0.1) is 24.1 Å². The molecule has 0 unspecified atom stereocenters. The van der Waals surface area contributed by atoms with E-state index in [1.807, 2.05) is 0 Å². The Bertz CT molecular complexity index is 1460. The first-order valence-corrected chi connectivity index (χ1v) is 12.0. The number of aliphatic imine (C=N–C) groups is 1. The van der Waals surface area contributed by atoms with Crippen LogP contribution in [0.3, 0.4) is 0 Å². The lowest BCUT2D eigenvalue weighted by Gasteiger charge is -2.36. The van der Waals surface area contributed by atoms with Crippen LogP contribution in [0.4, 0.5) is 17.6 Å². The molecule has 1 fully saturated rings. The van der Waals surface area contributed by atoms with Gasteiger partial charge >= 0.3 is 6.18 Å². The molecule has 0 saturated heterocycles. The second-order valence-electron chi connectivity index (χ2n) is 9.17. The Balaban J connectivity index is 1.49. The summed E-state index contributed by atoms with van der Waals surface area (Å²) in [6, 6.07) is 6.04. The highest BCUT2D eigenvalue weighted by Crippen LogP contribution is 2.68. The number of hydrogen-bond acceptors (Lipinski definition) is 8. The van der Waals surface area contributed by atoms with Crippen LogP contribution < -0.4 is 10.5 Å². The standard InChI is InChI=1S/C25H21F4N5O2S/c1-3-8-36-19-12-32-20-16(33-19)6-7-31-17(20)10-13-4-5-15(26)14(9-13)23(2)18-11-24(18,37-22(30)34-23)21(35)25(27,28)29/h1,4-7,9,12,18,21,35H,8,10-11H2,2H3,(H2,30,34)/t18-,21+,23+,24-/m0/s1. The summed E-state index contributed by atoms with van der Waals surface area (Å²) in [5.41, 5.74) is 6.87. The number of fused-ring (bicyclic) bond motifs is 2. The van der Waals surface area contributed by atoms with Gasteiger partial charge in [0.15, 0.2) is 17.9 Å². The van der Waals surface area contributed by atoms with E-state index in [9.17, 15) is 18.3 Å². The molecule has 0 spiro atoms. The maximum Gasteiger partial charge on any atom is 0.415 e. The normalized spacial score (nSPS) is 25.6. The Labute approximate surface area is 213 Å². The van der Waals surface area contributed by atoms with Crippen molar-refractivity contribution in [2.24, 2.45) is 16.6 Å². The SMILES string of the molecule is C#CCOc1cnc2c(Cc3ccc(F)c([C@@]4(C)N=C(N)S[C@@]5([C@@H](O)C(F)(F)F)C[C@H]54)c3)nccc2n1. The van der Waals surface area contributed by atoms with Crippen molar-refractivity contribution in [2.45, 2.75) is 42.3 Å². The summed E-state index contributed by atoms with van der Waals surface area (Å²) in [6.07, 6.45) is 0.983. The highest BCUT2D eigenvalue weighted by Gasteiger charge is 2.74. The van der Waals surface area contributed by atoms with Gasteiger partial charge in [-0.1, -0.05) is 29.8 Å². The molecule has 1 aromatic carbocycles. The number of halogens is 4. The third-order valence-corrected chi connectivity index (χ3v) is 8.16. The van der Waals surface area contributed by atoms with Crippen LogP contribution in [0.2, 0.25) is 0 Å². The minimum absolute atomic E-state index is 0.00669. The molecule has 4 atom stereocenters. The summed E-state index contributed by atoms with van der Waals surface area (Å²) in [7, 11) is 0. The number of rotatable bonds is 6. The minimum atomic E-state index is -4.84. The number of amidine groups is 1. The highest BCUT2D eigenvalue weighted by molar-refractivity contribution is 8.15. The number of ether oxygens (including phenoxy) is 1.